The lowest BCUT2D eigenvalue weighted by molar-refractivity contribution is 0.380. The van der Waals surface area contributed by atoms with Crippen molar-refractivity contribution in [3.63, 3.8) is 0 Å². The van der Waals surface area contributed by atoms with Crippen LogP contribution in [-0.2, 0) is 21.8 Å². The summed E-state index contributed by atoms with van der Waals surface area (Å²) in [5.41, 5.74) is 0. The summed E-state index contributed by atoms with van der Waals surface area (Å²) >= 11 is -2.86. The third-order valence-corrected chi connectivity index (χ3v) is 0. The molecule has 0 aliphatic carbocycles. The molecular formula is H6NO7S2-. The molecule has 1 atom stereocenters. The molecule has 0 amide bonds. The molecule has 0 saturated carbocycles. The third kappa shape index (κ3) is 37600. The zero-order valence-electron chi connectivity index (χ0n) is 4.50. The first kappa shape index (κ1) is 16.5. The van der Waals surface area contributed by atoms with Crippen LogP contribution in [0.25, 0.3) is 0 Å². The molecule has 0 rings (SSSR count). The number of hydrogen-bond donors (Lipinski definition) is 4. The first-order valence-electron chi connectivity index (χ1n) is 1.21. The molecular weight excluding hydrogens is 190 g/mol. The minimum absolute atomic E-state index is 0. The molecule has 0 bridgehead atoms. The second-order valence-corrected chi connectivity index (χ2v) is 1.99. The van der Waals surface area contributed by atoms with Crippen LogP contribution >= 0.6 is 0 Å². The van der Waals surface area contributed by atoms with Crippen molar-refractivity contribution in [1.29, 1.82) is 0 Å². The van der Waals surface area contributed by atoms with E-state index in [-0.39, 0.29) is 6.15 Å². The monoisotopic (exact) mass is 196 g/mol. The molecule has 0 aromatic rings. The van der Waals surface area contributed by atoms with Crippen LogP contribution in [0, 0.1) is 0 Å². The van der Waals surface area contributed by atoms with E-state index in [0.29, 0.717) is 0 Å². The third-order valence-electron chi connectivity index (χ3n) is 0. The van der Waals surface area contributed by atoms with Crippen molar-refractivity contribution in [3.8, 4) is 0 Å². The Bertz CT molecular complexity index is 154. The van der Waals surface area contributed by atoms with E-state index in [2.05, 4.69) is 0 Å². The van der Waals surface area contributed by atoms with E-state index in [1.807, 2.05) is 0 Å². The van der Waals surface area contributed by atoms with Crippen LogP contribution in [0.2, 0.25) is 0 Å². The van der Waals surface area contributed by atoms with Crippen LogP contribution in [-0.4, -0.2) is 30.8 Å². The average molecular weight is 196 g/mol. The highest BCUT2D eigenvalue weighted by molar-refractivity contribution is 7.79. The zero-order valence-corrected chi connectivity index (χ0v) is 6.13. The lowest BCUT2D eigenvalue weighted by Gasteiger charge is -1.83. The maximum Gasteiger partial charge on any atom is 0.394 e. The van der Waals surface area contributed by atoms with Crippen LogP contribution < -0.4 is 6.15 Å². The lowest BCUT2D eigenvalue weighted by Crippen LogP contribution is -1.89. The zero-order chi connectivity index (χ0) is 8.08. The molecule has 0 aromatic heterocycles. The molecule has 1 unspecified atom stereocenters. The van der Waals surface area contributed by atoms with Crippen molar-refractivity contribution in [3.05, 3.63) is 0 Å². The van der Waals surface area contributed by atoms with E-state index in [9.17, 15) is 0 Å². The van der Waals surface area contributed by atoms with Gasteiger partial charge in [-0.3, -0.25) is 9.11 Å². The van der Waals surface area contributed by atoms with Crippen molar-refractivity contribution in [2.75, 3.05) is 0 Å². The Morgan fingerprint density at radius 3 is 1.30 bits per heavy atom. The van der Waals surface area contributed by atoms with Gasteiger partial charge in [0.05, 0.1) is 11.4 Å². The second kappa shape index (κ2) is 7.01. The van der Waals surface area contributed by atoms with Crippen molar-refractivity contribution in [2.24, 2.45) is 0 Å². The maximum absolute atomic E-state index is 8.74. The predicted octanol–water partition coefficient (Wildman–Crippen LogP) is -1.15. The van der Waals surface area contributed by atoms with Crippen molar-refractivity contribution >= 4 is 21.8 Å². The van der Waals surface area contributed by atoms with E-state index >= 15 is 0 Å². The molecule has 0 saturated heterocycles. The van der Waals surface area contributed by atoms with Crippen molar-refractivity contribution in [1.82, 2.24) is 6.15 Å². The van der Waals surface area contributed by atoms with Gasteiger partial charge in [0.1, 0.15) is 0 Å². The Hall–Kier alpha value is -0.100. The van der Waals surface area contributed by atoms with Crippen LogP contribution in [0.3, 0.4) is 0 Å². The van der Waals surface area contributed by atoms with Gasteiger partial charge in [0.25, 0.3) is 0 Å². The standard InChI is InChI=1S/H3N.H2O4S.H2O3S/c;1-5(2,3)4;1-4(2)3/h1H3;(H2,1,2,3,4);(H2,1,2,3)/p-1. The summed E-state index contributed by atoms with van der Waals surface area (Å²) in [7, 11) is -4.67. The molecule has 0 aliphatic heterocycles. The van der Waals surface area contributed by atoms with Gasteiger partial charge < -0.3 is 15.3 Å². The Balaban J connectivity index is -0.0000000910. The summed E-state index contributed by atoms with van der Waals surface area (Å²) in [4.78, 5) is 0. The number of rotatable bonds is 0. The largest absolute Gasteiger partial charge is 0.750 e. The average Bonchev–Trinajstić information content (AvgIpc) is 1.19. The Labute approximate surface area is 59.5 Å². The SMILES string of the molecule is N.O=S(=O)(O)O.O=S([O-])O. The fraction of sp³-hybridized carbons (Fsp3) is 0. The summed E-state index contributed by atoms with van der Waals surface area (Å²) in [5.74, 6) is 0. The Kier molecular flexibility index (Phi) is 11.5. The summed E-state index contributed by atoms with van der Waals surface area (Å²) in [5, 5.41) is 0. The molecule has 0 aromatic carbocycles. The quantitative estimate of drug-likeness (QED) is 0.277. The minimum atomic E-state index is -4.67. The van der Waals surface area contributed by atoms with Gasteiger partial charge in [-0.1, -0.05) is 0 Å². The first-order valence-corrected chi connectivity index (χ1v) is 3.64. The van der Waals surface area contributed by atoms with E-state index < -0.39 is 21.8 Å². The van der Waals surface area contributed by atoms with E-state index in [0.717, 1.165) is 0 Å². The smallest absolute Gasteiger partial charge is 0.394 e. The van der Waals surface area contributed by atoms with Crippen molar-refractivity contribution < 1.29 is 30.8 Å². The summed E-state index contributed by atoms with van der Waals surface area (Å²) in [6.07, 6.45) is 0. The molecule has 10 heavy (non-hydrogen) atoms. The summed E-state index contributed by atoms with van der Waals surface area (Å²) < 4.78 is 55.7. The molecule has 6 N–H and O–H groups in total. The maximum atomic E-state index is 8.74. The van der Waals surface area contributed by atoms with Gasteiger partial charge in [0.2, 0.25) is 0 Å². The molecule has 0 fully saturated rings. The molecule has 66 valence electrons. The lowest BCUT2D eigenvalue weighted by atomic mass is 14.0. The van der Waals surface area contributed by atoms with Crippen LogP contribution in [0.15, 0.2) is 0 Å². The van der Waals surface area contributed by atoms with E-state index in [1.165, 1.54) is 0 Å². The molecule has 0 radical (unpaired) electrons. The van der Waals surface area contributed by atoms with Crippen molar-refractivity contribution in [2.45, 2.75) is 0 Å². The first-order chi connectivity index (χ1) is 3.73. The predicted molar refractivity (Wildman–Crippen MR) is 30.7 cm³/mol. The van der Waals surface area contributed by atoms with Gasteiger partial charge in [-0.25, -0.2) is 4.21 Å². The molecule has 0 spiro atoms. The van der Waals surface area contributed by atoms with Gasteiger partial charge in [-0.05, 0) is 0 Å². The van der Waals surface area contributed by atoms with E-state index in [4.69, 9.17) is 30.8 Å². The van der Waals surface area contributed by atoms with Crippen LogP contribution in [0.4, 0.5) is 0 Å². The molecule has 10 heteroatoms. The highest BCUT2D eigenvalue weighted by atomic mass is 32.3. The molecule has 0 heterocycles. The highest BCUT2D eigenvalue weighted by Gasteiger charge is 1.84. The fourth-order valence-corrected chi connectivity index (χ4v) is 0. The molecule has 0 aliphatic rings. The van der Waals surface area contributed by atoms with Gasteiger partial charge in [0.15, 0.2) is 0 Å². The van der Waals surface area contributed by atoms with E-state index in [1.54, 1.807) is 0 Å². The second-order valence-electron chi connectivity index (χ2n) is 0.665. The summed E-state index contributed by atoms with van der Waals surface area (Å²) in [6, 6.07) is 0. The highest BCUT2D eigenvalue weighted by Crippen LogP contribution is 1.59. The van der Waals surface area contributed by atoms with Gasteiger partial charge in [0, 0.05) is 0 Å². The van der Waals surface area contributed by atoms with Gasteiger partial charge in [-0.15, -0.1) is 0 Å². The normalized spacial score (nSPS) is 12.0. The van der Waals surface area contributed by atoms with Crippen LogP contribution in [0.5, 0.6) is 0 Å². The minimum Gasteiger partial charge on any atom is -0.750 e. The number of hydrogen-bond acceptors (Lipinski definition) is 5. The van der Waals surface area contributed by atoms with Gasteiger partial charge in [-0.2, -0.15) is 8.42 Å². The summed E-state index contributed by atoms with van der Waals surface area (Å²) in [6.45, 7) is 0. The van der Waals surface area contributed by atoms with Gasteiger partial charge >= 0.3 is 10.4 Å². The fourth-order valence-electron chi connectivity index (χ4n) is 0. The van der Waals surface area contributed by atoms with Crippen LogP contribution in [0.1, 0.15) is 0 Å². The Morgan fingerprint density at radius 2 is 1.30 bits per heavy atom. The molecule has 8 nitrogen and oxygen atoms in total. The topological polar surface area (TPSA) is 170 Å². The Morgan fingerprint density at radius 1 is 1.30 bits per heavy atom.